The first kappa shape index (κ1) is 18.2. The second-order valence-electron chi connectivity index (χ2n) is 6.67. The molecule has 2 aromatic rings. The van der Waals surface area contributed by atoms with Crippen molar-refractivity contribution >= 4 is 31.9 Å². The van der Waals surface area contributed by atoms with Crippen LogP contribution in [0.3, 0.4) is 0 Å². The van der Waals surface area contributed by atoms with E-state index in [1.807, 2.05) is 37.4 Å². The lowest BCUT2D eigenvalue weighted by Gasteiger charge is -2.22. The lowest BCUT2D eigenvalue weighted by atomic mass is 10.0. The zero-order chi connectivity index (χ0) is 18.1. The topological polar surface area (TPSA) is 48.6 Å². The van der Waals surface area contributed by atoms with Crippen LogP contribution >= 0.6 is 20.2 Å². The molecule has 1 atom stereocenters. The number of allylic oxidation sites excluding steroid dienone is 1. The van der Waals surface area contributed by atoms with Crippen molar-refractivity contribution in [3.63, 3.8) is 0 Å². The molecule has 2 N–H and O–H groups in total. The van der Waals surface area contributed by atoms with E-state index in [0.717, 1.165) is 39.0 Å². The number of fused-ring (bicyclic) bond motifs is 1. The number of aromatic nitrogens is 1. The summed E-state index contributed by atoms with van der Waals surface area (Å²) in [7, 11) is 2.83. The Morgan fingerprint density at radius 2 is 2.04 bits per heavy atom. The normalized spacial score (nSPS) is 13.8. The minimum absolute atomic E-state index is 0.0726. The van der Waals surface area contributed by atoms with Gasteiger partial charge in [-0.3, -0.25) is 4.57 Å². The third-order valence-electron chi connectivity index (χ3n) is 4.44. The maximum Gasteiger partial charge on any atom is 0.206 e. The molecule has 0 aliphatic heterocycles. The van der Waals surface area contributed by atoms with Crippen molar-refractivity contribution in [1.82, 2.24) is 4.57 Å². The van der Waals surface area contributed by atoms with Crippen molar-refractivity contribution in [2.45, 2.75) is 32.3 Å². The number of hydrogen-bond donors (Lipinski definition) is 2. The molecule has 0 radical (unpaired) electrons. The van der Waals surface area contributed by atoms with Gasteiger partial charge in [0.15, 0.2) is 0 Å². The van der Waals surface area contributed by atoms with Crippen LogP contribution in [0.4, 0.5) is 5.69 Å². The summed E-state index contributed by atoms with van der Waals surface area (Å²) < 4.78 is 1.50. The van der Waals surface area contributed by atoms with E-state index >= 15 is 0 Å². The van der Waals surface area contributed by atoms with Gasteiger partial charge in [-0.2, -0.15) is 0 Å². The summed E-state index contributed by atoms with van der Waals surface area (Å²) in [5.74, 6) is 0.181. The first-order valence-corrected chi connectivity index (χ1v) is 10.1. The van der Waals surface area contributed by atoms with Crippen LogP contribution in [0.1, 0.15) is 31.4 Å². The van der Waals surface area contributed by atoms with Crippen molar-refractivity contribution in [3.05, 3.63) is 40.4 Å². The summed E-state index contributed by atoms with van der Waals surface area (Å²) in [4.78, 5) is 2.13. The molecule has 0 bridgehead atoms. The number of benzene rings is 1. The standard InChI is InChI=1S/C19H24ClN2O2P/c1-12(2)25-11-21(3)17-10-13(8-9-16(17)20)22-18(23)14-6-4-5-7-15(14)19(22)24/h4,6,8-10,12,23-25H,5,7,11H2,1-3H3. The molecule has 1 aliphatic rings. The molecule has 0 amide bonds. The second kappa shape index (κ2) is 7.31. The van der Waals surface area contributed by atoms with Crippen LogP contribution in [0.5, 0.6) is 11.8 Å². The molecule has 3 rings (SSSR count). The molecular formula is C19H24ClN2O2P. The molecule has 1 aromatic heterocycles. The first-order valence-electron chi connectivity index (χ1n) is 8.46. The predicted molar refractivity (Wildman–Crippen MR) is 108 cm³/mol. The second-order valence-corrected chi connectivity index (χ2v) is 8.95. The van der Waals surface area contributed by atoms with E-state index in [4.69, 9.17) is 11.6 Å². The average molecular weight is 379 g/mol. The number of nitrogens with zero attached hydrogens (tertiary/aromatic N) is 2. The quantitative estimate of drug-likeness (QED) is 0.721. The number of rotatable bonds is 5. The highest BCUT2D eigenvalue weighted by Gasteiger charge is 2.23. The van der Waals surface area contributed by atoms with Gasteiger partial charge in [0, 0.05) is 24.5 Å². The Kier molecular flexibility index (Phi) is 5.31. The molecule has 0 fully saturated rings. The van der Waals surface area contributed by atoms with Crippen molar-refractivity contribution in [1.29, 1.82) is 0 Å². The Labute approximate surface area is 155 Å². The maximum absolute atomic E-state index is 10.6. The molecule has 4 nitrogen and oxygen atoms in total. The summed E-state index contributed by atoms with van der Waals surface area (Å²) in [6.07, 6.45) is 6.41. The highest BCUT2D eigenvalue weighted by atomic mass is 35.5. The third kappa shape index (κ3) is 3.51. The van der Waals surface area contributed by atoms with Gasteiger partial charge in [-0.1, -0.05) is 46.2 Å². The fourth-order valence-electron chi connectivity index (χ4n) is 3.04. The third-order valence-corrected chi connectivity index (χ3v) is 6.23. The predicted octanol–water partition coefficient (Wildman–Crippen LogP) is 4.98. The van der Waals surface area contributed by atoms with E-state index in [9.17, 15) is 10.2 Å². The highest BCUT2D eigenvalue weighted by Crippen LogP contribution is 2.41. The van der Waals surface area contributed by atoms with Gasteiger partial charge in [0.2, 0.25) is 11.8 Å². The molecule has 1 aliphatic carbocycles. The molecule has 25 heavy (non-hydrogen) atoms. The van der Waals surface area contributed by atoms with E-state index in [1.54, 1.807) is 0 Å². The number of hydrogen-bond acceptors (Lipinski definition) is 3. The van der Waals surface area contributed by atoms with Crippen LogP contribution in [0.25, 0.3) is 11.8 Å². The molecule has 1 unspecified atom stereocenters. The Hall–Kier alpha value is -1.64. The van der Waals surface area contributed by atoms with Crippen LogP contribution in [-0.2, 0) is 6.42 Å². The highest BCUT2D eigenvalue weighted by molar-refractivity contribution is 7.38. The van der Waals surface area contributed by atoms with Gasteiger partial charge in [0.25, 0.3) is 0 Å². The average Bonchev–Trinajstić information content (AvgIpc) is 2.85. The fourth-order valence-corrected chi connectivity index (χ4v) is 4.11. The van der Waals surface area contributed by atoms with Gasteiger partial charge in [0.05, 0.1) is 16.4 Å². The fraction of sp³-hybridized carbons (Fsp3) is 0.368. The smallest absolute Gasteiger partial charge is 0.206 e. The zero-order valence-corrected chi connectivity index (χ0v) is 16.5. The lowest BCUT2D eigenvalue weighted by molar-refractivity contribution is 0.400. The maximum atomic E-state index is 10.6. The molecule has 1 heterocycles. The Morgan fingerprint density at radius 3 is 2.72 bits per heavy atom. The van der Waals surface area contributed by atoms with Crippen LogP contribution < -0.4 is 4.90 Å². The number of anilines is 1. The van der Waals surface area contributed by atoms with E-state index in [-0.39, 0.29) is 11.8 Å². The van der Waals surface area contributed by atoms with E-state index in [2.05, 4.69) is 18.7 Å². The van der Waals surface area contributed by atoms with Gasteiger partial charge in [-0.05, 0) is 36.7 Å². The van der Waals surface area contributed by atoms with Crippen molar-refractivity contribution in [2.75, 3.05) is 18.2 Å². The zero-order valence-electron chi connectivity index (χ0n) is 14.8. The summed E-state index contributed by atoms with van der Waals surface area (Å²) in [6, 6.07) is 5.55. The Morgan fingerprint density at radius 1 is 1.28 bits per heavy atom. The molecule has 1 aromatic carbocycles. The van der Waals surface area contributed by atoms with E-state index in [1.165, 1.54) is 4.57 Å². The number of aromatic hydroxyl groups is 2. The van der Waals surface area contributed by atoms with E-state index in [0.29, 0.717) is 21.9 Å². The first-order chi connectivity index (χ1) is 11.9. The lowest BCUT2D eigenvalue weighted by Crippen LogP contribution is -2.17. The van der Waals surface area contributed by atoms with Gasteiger partial charge in [-0.15, -0.1) is 0 Å². The SMILES string of the molecule is CC(C)PCN(C)c1cc(-n2c(O)c3c(c2O)CCC=C3)ccc1Cl. The number of halogens is 1. The van der Waals surface area contributed by atoms with Gasteiger partial charge in [-0.25, -0.2) is 0 Å². The molecule has 0 saturated heterocycles. The molecule has 0 spiro atoms. The van der Waals surface area contributed by atoms with Gasteiger partial charge < -0.3 is 15.1 Å². The van der Waals surface area contributed by atoms with Crippen LogP contribution in [0.15, 0.2) is 24.3 Å². The largest absolute Gasteiger partial charge is 0.494 e. The molecular weight excluding hydrogens is 355 g/mol. The summed E-state index contributed by atoms with van der Waals surface area (Å²) in [6.45, 7) is 4.41. The molecule has 0 saturated carbocycles. The van der Waals surface area contributed by atoms with Crippen molar-refractivity contribution in [2.24, 2.45) is 0 Å². The summed E-state index contributed by atoms with van der Waals surface area (Å²) in [5.41, 5.74) is 3.74. The van der Waals surface area contributed by atoms with E-state index < -0.39 is 0 Å². The Bertz CT molecular complexity index is 814. The molecule has 6 heteroatoms. The van der Waals surface area contributed by atoms with Crippen molar-refractivity contribution < 1.29 is 10.2 Å². The monoisotopic (exact) mass is 378 g/mol. The van der Waals surface area contributed by atoms with Gasteiger partial charge in [0.1, 0.15) is 0 Å². The van der Waals surface area contributed by atoms with Crippen LogP contribution in [0, 0.1) is 0 Å². The van der Waals surface area contributed by atoms with Gasteiger partial charge >= 0.3 is 0 Å². The van der Waals surface area contributed by atoms with Crippen molar-refractivity contribution in [3.8, 4) is 17.4 Å². The van der Waals surface area contributed by atoms with Crippen LogP contribution in [0.2, 0.25) is 5.02 Å². The van der Waals surface area contributed by atoms with Crippen LogP contribution in [-0.4, -0.2) is 33.8 Å². The summed E-state index contributed by atoms with van der Waals surface area (Å²) in [5, 5.41) is 21.9. The minimum Gasteiger partial charge on any atom is -0.494 e. The summed E-state index contributed by atoms with van der Waals surface area (Å²) >= 11 is 6.39. The minimum atomic E-state index is 0.0726. The Balaban J connectivity index is 2.01. The molecule has 134 valence electrons.